The number of nitriles is 1. The molecule has 19 heavy (non-hydrogen) atoms. The molecule has 96 valence electrons. The number of nitrogens with two attached hydrogens (primary N) is 1. The van der Waals surface area contributed by atoms with E-state index in [0.717, 1.165) is 5.56 Å². The van der Waals surface area contributed by atoms with E-state index in [1.54, 1.807) is 19.1 Å². The first kappa shape index (κ1) is 13.1. The number of aromatic nitrogens is 1. The molecule has 0 radical (unpaired) electrons. The Hall–Kier alpha value is -2.39. The highest BCUT2D eigenvalue weighted by molar-refractivity contribution is 7.17. The summed E-state index contributed by atoms with van der Waals surface area (Å²) in [6, 6.07) is 9.11. The second-order valence-electron chi connectivity index (χ2n) is 3.96. The van der Waals surface area contributed by atoms with Gasteiger partial charge in [0, 0.05) is 6.54 Å². The van der Waals surface area contributed by atoms with Gasteiger partial charge in [0.15, 0.2) is 5.13 Å². The number of hydrogen-bond acceptors (Lipinski definition) is 5. The number of nitrogens with one attached hydrogen (secondary N) is 1. The smallest absolute Gasteiger partial charge is 0.263 e. The van der Waals surface area contributed by atoms with E-state index in [2.05, 4.69) is 10.3 Å². The third kappa shape index (κ3) is 3.09. The van der Waals surface area contributed by atoms with Crippen LogP contribution < -0.4 is 11.1 Å². The summed E-state index contributed by atoms with van der Waals surface area (Å²) in [7, 11) is 0. The van der Waals surface area contributed by atoms with Gasteiger partial charge in [-0.15, -0.1) is 0 Å². The number of anilines is 1. The lowest BCUT2D eigenvalue weighted by Crippen LogP contribution is -2.22. The van der Waals surface area contributed by atoms with Gasteiger partial charge in [0.25, 0.3) is 5.91 Å². The van der Waals surface area contributed by atoms with Crippen LogP contribution in [0.4, 0.5) is 5.13 Å². The van der Waals surface area contributed by atoms with Crippen molar-refractivity contribution in [2.45, 2.75) is 13.5 Å². The zero-order chi connectivity index (χ0) is 13.8. The Bertz CT molecular complexity index is 640. The molecule has 0 aliphatic heterocycles. The highest BCUT2D eigenvalue weighted by Gasteiger charge is 2.13. The van der Waals surface area contributed by atoms with E-state index in [-0.39, 0.29) is 5.91 Å². The van der Waals surface area contributed by atoms with Crippen LogP contribution in [0.2, 0.25) is 0 Å². The average Bonchev–Trinajstić information content (AvgIpc) is 2.75. The van der Waals surface area contributed by atoms with Crippen LogP contribution in [0.25, 0.3) is 0 Å². The molecule has 1 amide bonds. The van der Waals surface area contributed by atoms with Crippen molar-refractivity contribution in [2.75, 3.05) is 5.73 Å². The van der Waals surface area contributed by atoms with Crippen LogP contribution in [0, 0.1) is 18.3 Å². The molecule has 0 atom stereocenters. The number of nitrogens with zero attached hydrogens (tertiary/aromatic N) is 2. The fourth-order valence-electron chi connectivity index (χ4n) is 1.59. The average molecular weight is 272 g/mol. The third-order valence-electron chi connectivity index (χ3n) is 2.56. The number of thiazole rings is 1. The van der Waals surface area contributed by atoms with Gasteiger partial charge in [-0.3, -0.25) is 4.79 Å². The summed E-state index contributed by atoms with van der Waals surface area (Å²) in [4.78, 5) is 16.5. The summed E-state index contributed by atoms with van der Waals surface area (Å²) in [5.74, 6) is -0.184. The van der Waals surface area contributed by atoms with Crippen molar-refractivity contribution in [1.29, 1.82) is 5.26 Å². The summed E-state index contributed by atoms with van der Waals surface area (Å²) in [5, 5.41) is 11.9. The molecule has 1 heterocycles. The number of carbonyl (C=O) groups is 1. The maximum Gasteiger partial charge on any atom is 0.263 e. The van der Waals surface area contributed by atoms with Crippen LogP contribution in [0.3, 0.4) is 0 Å². The molecule has 6 heteroatoms. The van der Waals surface area contributed by atoms with Crippen molar-refractivity contribution in [2.24, 2.45) is 0 Å². The molecule has 0 spiro atoms. The topological polar surface area (TPSA) is 91.8 Å². The Balaban J connectivity index is 2.00. The van der Waals surface area contributed by atoms with Gasteiger partial charge in [-0.1, -0.05) is 23.5 Å². The number of carbonyl (C=O) groups excluding carboxylic acids is 1. The molecule has 0 saturated heterocycles. The highest BCUT2D eigenvalue weighted by Crippen LogP contribution is 2.19. The van der Waals surface area contributed by atoms with Gasteiger partial charge in [-0.2, -0.15) is 5.26 Å². The number of benzene rings is 1. The van der Waals surface area contributed by atoms with E-state index >= 15 is 0 Å². The number of hydrogen-bond donors (Lipinski definition) is 2. The van der Waals surface area contributed by atoms with E-state index in [0.29, 0.717) is 27.8 Å². The Kier molecular flexibility index (Phi) is 3.78. The van der Waals surface area contributed by atoms with Crippen molar-refractivity contribution in [3.8, 4) is 6.07 Å². The lowest BCUT2D eigenvalue weighted by molar-refractivity contribution is 0.0954. The molecule has 0 fully saturated rings. The zero-order valence-corrected chi connectivity index (χ0v) is 11.1. The summed E-state index contributed by atoms with van der Waals surface area (Å²) in [5.41, 5.74) is 7.72. The minimum Gasteiger partial charge on any atom is -0.375 e. The molecule has 2 aromatic rings. The fourth-order valence-corrected chi connectivity index (χ4v) is 2.34. The van der Waals surface area contributed by atoms with Crippen molar-refractivity contribution >= 4 is 22.4 Å². The van der Waals surface area contributed by atoms with Crippen LogP contribution in [0.5, 0.6) is 0 Å². The Morgan fingerprint density at radius 1 is 1.47 bits per heavy atom. The molecule has 0 aliphatic carbocycles. The van der Waals surface area contributed by atoms with Crippen molar-refractivity contribution < 1.29 is 4.79 Å². The predicted octanol–water partition coefficient (Wildman–Crippen LogP) is 1.84. The Morgan fingerprint density at radius 3 is 2.68 bits per heavy atom. The largest absolute Gasteiger partial charge is 0.375 e. The summed E-state index contributed by atoms with van der Waals surface area (Å²) >= 11 is 1.18. The third-order valence-corrected chi connectivity index (χ3v) is 3.54. The van der Waals surface area contributed by atoms with Gasteiger partial charge < -0.3 is 11.1 Å². The SMILES string of the molecule is Cc1nc(N)sc1C(=O)NCc1ccc(C#N)cc1. The number of amides is 1. The van der Waals surface area contributed by atoms with Crippen molar-refractivity contribution in [3.63, 3.8) is 0 Å². The van der Waals surface area contributed by atoms with Crippen molar-refractivity contribution in [3.05, 3.63) is 46.0 Å². The molecule has 0 unspecified atom stereocenters. The van der Waals surface area contributed by atoms with Gasteiger partial charge in [0.05, 0.1) is 17.3 Å². The normalized spacial score (nSPS) is 9.89. The highest BCUT2D eigenvalue weighted by atomic mass is 32.1. The minimum atomic E-state index is -0.184. The maximum atomic E-state index is 11.9. The lowest BCUT2D eigenvalue weighted by atomic mass is 10.1. The molecule has 0 bridgehead atoms. The molecular formula is C13H12N4OS. The quantitative estimate of drug-likeness (QED) is 0.891. The summed E-state index contributed by atoms with van der Waals surface area (Å²) in [6.45, 7) is 2.16. The van der Waals surface area contributed by atoms with Gasteiger partial charge in [-0.05, 0) is 24.6 Å². The molecular weight excluding hydrogens is 260 g/mol. The Labute approximate surface area is 114 Å². The monoisotopic (exact) mass is 272 g/mol. The molecule has 2 rings (SSSR count). The summed E-state index contributed by atoms with van der Waals surface area (Å²) < 4.78 is 0. The van der Waals surface area contributed by atoms with E-state index in [4.69, 9.17) is 11.0 Å². The van der Waals surface area contributed by atoms with Crippen LogP contribution in [0.15, 0.2) is 24.3 Å². The van der Waals surface area contributed by atoms with E-state index in [9.17, 15) is 4.79 Å². The van der Waals surface area contributed by atoms with Crippen LogP contribution in [-0.2, 0) is 6.54 Å². The minimum absolute atomic E-state index is 0.184. The number of rotatable bonds is 3. The van der Waals surface area contributed by atoms with Crippen molar-refractivity contribution in [1.82, 2.24) is 10.3 Å². The fraction of sp³-hybridized carbons (Fsp3) is 0.154. The van der Waals surface area contributed by atoms with E-state index in [1.165, 1.54) is 11.3 Å². The Morgan fingerprint density at radius 2 is 2.16 bits per heavy atom. The first-order chi connectivity index (χ1) is 9.10. The molecule has 0 saturated carbocycles. The lowest BCUT2D eigenvalue weighted by Gasteiger charge is -2.04. The standard InChI is InChI=1S/C13H12N4OS/c1-8-11(19-13(15)17-8)12(18)16-7-10-4-2-9(6-14)3-5-10/h2-5H,7H2,1H3,(H2,15,17)(H,16,18). The molecule has 3 N–H and O–H groups in total. The second-order valence-corrected chi connectivity index (χ2v) is 4.99. The molecule has 1 aromatic heterocycles. The number of nitrogen functional groups attached to an aromatic ring is 1. The number of aryl methyl sites for hydroxylation is 1. The van der Waals surface area contributed by atoms with Crippen LogP contribution >= 0.6 is 11.3 Å². The second kappa shape index (κ2) is 5.50. The molecule has 0 aliphatic rings. The van der Waals surface area contributed by atoms with Gasteiger partial charge >= 0.3 is 0 Å². The predicted molar refractivity (Wildman–Crippen MR) is 73.6 cm³/mol. The van der Waals surface area contributed by atoms with Crippen LogP contribution in [-0.4, -0.2) is 10.9 Å². The summed E-state index contributed by atoms with van der Waals surface area (Å²) in [6.07, 6.45) is 0. The first-order valence-electron chi connectivity index (χ1n) is 5.60. The van der Waals surface area contributed by atoms with Gasteiger partial charge in [0.1, 0.15) is 4.88 Å². The van der Waals surface area contributed by atoms with E-state index in [1.807, 2.05) is 18.2 Å². The van der Waals surface area contributed by atoms with Crippen LogP contribution in [0.1, 0.15) is 26.5 Å². The van der Waals surface area contributed by atoms with Gasteiger partial charge in [-0.25, -0.2) is 4.98 Å². The molecule has 5 nitrogen and oxygen atoms in total. The molecule has 1 aromatic carbocycles. The first-order valence-corrected chi connectivity index (χ1v) is 6.42. The van der Waals surface area contributed by atoms with Gasteiger partial charge in [0.2, 0.25) is 0 Å². The maximum absolute atomic E-state index is 11.9. The zero-order valence-electron chi connectivity index (χ0n) is 10.3. The van der Waals surface area contributed by atoms with E-state index < -0.39 is 0 Å².